The van der Waals surface area contributed by atoms with Crippen LogP contribution >= 0.6 is 34.8 Å². The first-order valence-corrected chi connectivity index (χ1v) is 16.5. The van der Waals surface area contributed by atoms with Gasteiger partial charge in [-0.2, -0.15) is 0 Å². The maximum atomic E-state index is 14.1. The molecule has 0 heterocycles. The average molecular weight is 667 g/mol. The van der Waals surface area contributed by atoms with Crippen molar-refractivity contribution >= 4 is 62.3 Å². The van der Waals surface area contributed by atoms with Gasteiger partial charge in [-0.05, 0) is 79.9 Å². The van der Waals surface area contributed by atoms with Crippen LogP contribution in [-0.4, -0.2) is 50.9 Å². The maximum Gasteiger partial charge on any atom is 0.264 e. The lowest BCUT2D eigenvalue weighted by Gasteiger charge is -2.33. The zero-order valence-electron chi connectivity index (χ0n) is 23.9. The molecular formula is C31H34Cl3N3O5S. The monoisotopic (exact) mass is 665 g/mol. The van der Waals surface area contributed by atoms with Crippen LogP contribution in [0.5, 0.6) is 5.75 Å². The van der Waals surface area contributed by atoms with Gasteiger partial charge in [0.2, 0.25) is 11.8 Å². The van der Waals surface area contributed by atoms with Gasteiger partial charge in [-0.25, -0.2) is 8.42 Å². The summed E-state index contributed by atoms with van der Waals surface area (Å²) in [6.45, 7) is 0.989. The second-order valence-corrected chi connectivity index (χ2v) is 13.6. The predicted octanol–water partition coefficient (Wildman–Crippen LogP) is 6.72. The van der Waals surface area contributed by atoms with Crippen LogP contribution < -0.4 is 14.4 Å². The minimum Gasteiger partial charge on any atom is -0.497 e. The van der Waals surface area contributed by atoms with Gasteiger partial charge in [0.05, 0.1) is 17.7 Å². The molecule has 0 spiro atoms. The number of hydrogen-bond donors (Lipinski definition) is 1. The first-order chi connectivity index (χ1) is 20.5. The highest BCUT2D eigenvalue weighted by Gasteiger charge is 2.33. The van der Waals surface area contributed by atoms with Gasteiger partial charge in [0.1, 0.15) is 18.3 Å². The Balaban J connectivity index is 1.70. The molecule has 0 bridgehead atoms. The Hall–Kier alpha value is -2.98. The highest BCUT2D eigenvalue weighted by molar-refractivity contribution is 7.92. The van der Waals surface area contributed by atoms with E-state index in [0.717, 1.165) is 36.4 Å². The highest BCUT2D eigenvalue weighted by Crippen LogP contribution is 2.29. The van der Waals surface area contributed by atoms with Gasteiger partial charge in [0, 0.05) is 27.7 Å². The summed E-state index contributed by atoms with van der Waals surface area (Å²) in [6.07, 6.45) is 4.93. The van der Waals surface area contributed by atoms with Crippen LogP contribution in [-0.2, 0) is 26.2 Å². The molecule has 3 aromatic carbocycles. The summed E-state index contributed by atoms with van der Waals surface area (Å²) in [6, 6.07) is 16.1. The summed E-state index contributed by atoms with van der Waals surface area (Å²) in [7, 11) is -2.77. The lowest BCUT2D eigenvalue weighted by Crippen LogP contribution is -2.53. The molecule has 1 unspecified atom stereocenters. The van der Waals surface area contributed by atoms with Crippen LogP contribution in [0.4, 0.5) is 5.69 Å². The first-order valence-electron chi connectivity index (χ1n) is 14.0. The minimum atomic E-state index is -4.25. The Morgan fingerprint density at radius 1 is 0.953 bits per heavy atom. The van der Waals surface area contributed by atoms with Crippen molar-refractivity contribution in [3.8, 4) is 5.75 Å². The third kappa shape index (κ3) is 8.35. The largest absolute Gasteiger partial charge is 0.497 e. The summed E-state index contributed by atoms with van der Waals surface area (Å²) < 4.78 is 34.1. The van der Waals surface area contributed by atoms with E-state index in [1.54, 1.807) is 43.3 Å². The molecule has 1 aliphatic carbocycles. The van der Waals surface area contributed by atoms with Crippen molar-refractivity contribution in [1.29, 1.82) is 0 Å². The number of amides is 2. The molecule has 1 saturated carbocycles. The summed E-state index contributed by atoms with van der Waals surface area (Å²) in [4.78, 5) is 28.9. The second kappa shape index (κ2) is 14.7. The van der Waals surface area contributed by atoms with Crippen molar-refractivity contribution in [3.05, 3.63) is 87.4 Å². The number of hydrogen-bond acceptors (Lipinski definition) is 5. The van der Waals surface area contributed by atoms with E-state index in [9.17, 15) is 18.0 Å². The molecular weight excluding hydrogens is 633 g/mol. The highest BCUT2D eigenvalue weighted by atomic mass is 35.5. The van der Waals surface area contributed by atoms with E-state index in [4.69, 9.17) is 39.5 Å². The van der Waals surface area contributed by atoms with Crippen molar-refractivity contribution in [3.63, 3.8) is 0 Å². The van der Waals surface area contributed by atoms with Crippen LogP contribution in [0.15, 0.2) is 71.6 Å². The van der Waals surface area contributed by atoms with Crippen LogP contribution in [0.3, 0.4) is 0 Å². The molecule has 43 heavy (non-hydrogen) atoms. The molecule has 1 atom stereocenters. The summed E-state index contributed by atoms with van der Waals surface area (Å²) in [5.74, 6) is -0.444. The molecule has 12 heteroatoms. The van der Waals surface area contributed by atoms with E-state index in [-0.39, 0.29) is 29.1 Å². The summed E-state index contributed by atoms with van der Waals surface area (Å²) in [5.41, 5.74) is 0.754. The van der Waals surface area contributed by atoms with Crippen LogP contribution in [0.1, 0.15) is 44.6 Å². The molecule has 1 N–H and O–H groups in total. The second-order valence-electron chi connectivity index (χ2n) is 10.4. The minimum absolute atomic E-state index is 0.0261. The molecule has 1 fully saturated rings. The number of carbonyl (C=O) groups is 2. The topological polar surface area (TPSA) is 96.0 Å². The fourth-order valence-corrected chi connectivity index (χ4v) is 7.08. The quantitative estimate of drug-likeness (QED) is 0.245. The van der Waals surface area contributed by atoms with Crippen molar-refractivity contribution in [2.45, 2.75) is 62.6 Å². The number of methoxy groups -OCH3 is 1. The Bertz CT molecular complexity index is 1550. The molecule has 0 aromatic heterocycles. The SMILES string of the molecule is COc1ccc(S(=O)(=O)N(CC(=O)N(Cc2ccc(Cl)cc2Cl)C(C)C(=O)NC2CCCCC2)c2cccc(Cl)c2)cc1. The number of sulfonamides is 1. The summed E-state index contributed by atoms with van der Waals surface area (Å²) in [5, 5.41) is 4.12. The van der Waals surface area contributed by atoms with Gasteiger partial charge in [0.15, 0.2) is 0 Å². The molecule has 0 aliphatic heterocycles. The molecule has 230 valence electrons. The summed E-state index contributed by atoms with van der Waals surface area (Å²) >= 11 is 18.8. The van der Waals surface area contributed by atoms with E-state index in [1.807, 2.05) is 0 Å². The number of nitrogens with zero attached hydrogens (tertiary/aromatic N) is 2. The van der Waals surface area contributed by atoms with Crippen LogP contribution in [0.2, 0.25) is 15.1 Å². The number of anilines is 1. The molecule has 0 saturated heterocycles. The van der Waals surface area contributed by atoms with E-state index < -0.39 is 28.5 Å². The molecule has 1 aliphatic rings. The third-order valence-electron chi connectivity index (χ3n) is 7.50. The zero-order chi connectivity index (χ0) is 31.1. The standard InChI is InChI=1S/C31H34Cl3N3O5S/c1-21(31(39)35-25-8-4-3-5-9-25)36(19-22-11-12-24(33)18-29(22)34)30(38)20-37(26-10-6-7-23(32)17-26)43(40,41)28-15-13-27(42-2)14-16-28/h6-7,10-18,21,25H,3-5,8-9,19-20H2,1-2H3,(H,35,39). The van der Waals surface area contributed by atoms with Gasteiger partial charge in [-0.15, -0.1) is 0 Å². The molecule has 0 radical (unpaired) electrons. The van der Waals surface area contributed by atoms with Gasteiger partial charge >= 0.3 is 0 Å². The van der Waals surface area contributed by atoms with Crippen LogP contribution in [0.25, 0.3) is 0 Å². The third-order valence-corrected chi connectivity index (χ3v) is 10.1. The molecule has 8 nitrogen and oxygen atoms in total. The fraction of sp³-hybridized carbons (Fsp3) is 0.355. The normalized spacial score (nSPS) is 14.5. The Labute approximate surface area is 267 Å². The van der Waals surface area contributed by atoms with Gasteiger partial charge in [0.25, 0.3) is 10.0 Å². The maximum absolute atomic E-state index is 14.1. The van der Waals surface area contributed by atoms with Crippen molar-refractivity contribution < 1.29 is 22.7 Å². The number of carbonyl (C=O) groups excluding carboxylic acids is 2. The number of benzene rings is 3. The van der Waals surface area contributed by atoms with Crippen molar-refractivity contribution in [2.75, 3.05) is 18.0 Å². The van der Waals surface area contributed by atoms with E-state index in [2.05, 4.69) is 5.32 Å². The number of ether oxygens (including phenoxy) is 1. The molecule has 4 rings (SSSR count). The van der Waals surface area contributed by atoms with Gasteiger partial charge in [-0.1, -0.05) is 66.2 Å². The lowest BCUT2D eigenvalue weighted by molar-refractivity contribution is -0.139. The van der Waals surface area contributed by atoms with Crippen molar-refractivity contribution in [2.24, 2.45) is 0 Å². The van der Waals surface area contributed by atoms with Crippen molar-refractivity contribution in [1.82, 2.24) is 10.2 Å². The lowest BCUT2D eigenvalue weighted by atomic mass is 9.95. The van der Waals surface area contributed by atoms with Gasteiger partial charge < -0.3 is 15.0 Å². The zero-order valence-corrected chi connectivity index (χ0v) is 27.0. The Morgan fingerprint density at radius 2 is 1.63 bits per heavy atom. The average Bonchev–Trinajstić information content (AvgIpc) is 2.99. The van der Waals surface area contributed by atoms with Gasteiger partial charge in [-0.3, -0.25) is 13.9 Å². The Morgan fingerprint density at radius 3 is 2.26 bits per heavy atom. The smallest absolute Gasteiger partial charge is 0.264 e. The number of nitrogens with one attached hydrogen (secondary N) is 1. The van der Waals surface area contributed by atoms with E-state index in [1.165, 1.54) is 42.3 Å². The molecule has 3 aromatic rings. The Kier molecular flexibility index (Phi) is 11.2. The number of rotatable bonds is 11. The first kappa shape index (κ1) is 32.9. The van der Waals surface area contributed by atoms with E-state index >= 15 is 0 Å². The fourth-order valence-electron chi connectivity index (χ4n) is 5.02. The van der Waals surface area contributed by atoms with E-state index in [0.29, 0.717) is 26.4 Å². The number of halogens is 3. The van der Waals surface area contributed by atoms with Crippen LogP contribution in [0, 0.1) is 0 Å². The molecule has 2 amide bonds. The predicted molar refractivity (Wildman–Crippen MR) is 170 cm³/mol.